The molecule has 0 heterocycles. The summed E-state index contributed by atoms with van der Waals surface area (Å²) >= 11 is 0. The summed E-state index contributed by atoms with van der Waals surface area (Å²) in [4.78, 5) is 0. The van der Waals surface area contributed by atoms with Crippen LogP contribution in [0.4, 0.5) is 0 Å². The van der Waals surface area contributed by atoms with Crippen molar-refractivity contribution < 1.29 is 4.57 Å². The Bertz CT molecular complexity index is 1460. The Labute approximate surface area is 236 Å². The molecule has 5 rings (SSSR count). The molecule has 0 amide bonds. The molecule has 0 saturated carbocycles. The average molecular weight is 541 g/mol. The fourth-order valence-corrected chi connectivity index (χ4v) is 11.2. The normalized spacial score (nSPS) is 12.0. The van der Waals surface area contributed by atoms with Crippen LogP contribution in [0.15, 0.2) is 151 Å². The van der Waals surface area contributed by atoms with Crippen molar-refractivity contribution >= 4 is 44.7 Å². The van der Waals surface area contributed by atoms with Gasteiger partial charge in [-0.15, -0.1) is 0 Å². The highest BCUT2D eigenvalue weighted by molar-refractivity contribution is 7.82. The van der Waals surface area contributed by atoms with Crippen molar-refractivity contribution in [1.29, 1.82) is 0 Å². The monoisotopic (exact) mass is 541 g/mol. The van der Waals surface area contributed by atoms with E-state index in [9.17, 15) is 0 Å². The van der Waals surface area contributed by atoms with Gasteiger partial charge in [0, 0.05) is 19.0 Å². The SMILES string of the molecule is C=C(C(c1ccccc1)P(=O)(c1ccccc1)c1ccccc1)P(c1ccc(C)cc1)c1ccc(C)cc1.[B]. The molecule has 1 atom stereocenters. The van der Waals surface area contributed by atoms with E-state index in [4.69, 9.17) is 6.58 Å². The number of rotatable bonds is 8. The Hall–Kier alpha value is -3.44. The molecule has 3 radical (unpaired) electrons. The fourth-order valence-electron chi connectivity index (χ4n) is 4.98. The number of aryl methyl sites for hydroxylation is 2. The molecule has 191 valence electrons. The minimum Gasteiger partial charge on any atom is -0.313 e. The summed E-state index contributed by atoms with van der Waals surface area (Å²) in [6.45, 7) is 9.02. The quantitative estimate of drug-likeness (QED) is 0.146. The van der Waals surface area contributed by atoms with Gasteiger partial charge in [-0.25, -0.2) is 0 Å². The molecule has 0 saturated heterocycles. The highest BCUT2D eigenvalue weighted by Gasteiger charge is 2.42. The van der Waals surface area contributed by atoms with Crippen LogP contribution in [0.1, 0.15) is 22.3 Å². The van der Waals surface area contributed by atoms with Crippen molar-refractivity contribution in [1.82, 2.24) is 0 Å². The van der Waals surface area contributed by atoms with Crippen molar-refractivity contribution in [3.63, 3.8) is 0 Å². The van der Waals surface area contributed by atoms with E-state index in [2.05, 4.69) is 74.5 Å². The van der Waals surface area contributed by atoms with Crippen molar-refractivity contribution in [3.05, 3.63) is 168 Å². The lowest BCUT2D eigenvalue weighted by atomic mass is 10.1. The molecule has 0 aliphatic carbocycles. The van der Waals surface area contributed by atoms with Crippen LogP contribution in [0, 0.1) is 13.8 Å². The van der Waals surface area contributed by atoms with E-state index in [1.807, 2.05) is 78.9 Å². The first-order chi connectivity index (χ1) is 18.5. The first-order valence-electron chi connectivity index (χ1n) is 12.9. The van der Waals surface area contributed by atoms with Crippen LogP contribution < -0.4 is 21.2 Å². The minimum absolute atomic E-state index is 0. The van der Waals surface area contributed by atoms with Gasteiger partial charge in [0.2, 0.25) is 0 Å². The summed E-state index contributed by atoms with van der Waals surface area (Å²) < 4.78 is 15.8. The van der Waals surface area contributed by atoms with Crippen LogP contribution in [0.3, 0.4) is 0 Å². The van der Waals surface area contributed by atoms with E-state index in [-0.39, 0.29) is 14.1 Å². The van der Waals surface area contributed by atoms with Crippen LogP contribution in [0.25, 0.3) is 0 Å². The van der Waals surface area contributed by atoms with E-state index in [1.54, 1.807) is 0 Å². The molecular weight excluding hydrogens is 509 g/mol. The van der Waals surface area contributed by atoms with Crippen LogP contribution in [-0.2, 0) is 4.57 Å². The minimum atomic E-state index is -3.21. The number of hydrogen-bond donors (Lipinski definition) is 0. The first-order valence-corrected chi connectivity index (χ1v) is 16.0. The molecule has 0 fully saturated rings. The predicted molar refractivity (Wildman–Crippen MR) is 172 cm³/mol. The molecule has 0 bridgehead atoms. The Kier molecular flexibility index (Phi) is 9.24. The molecule has 5 aromatic rings. The molecule has 0 N–H and O–H groups in total. The molecule has 4 heteroatoms. The van der Waals surface area contributed by atoms with E-state index in [0.29, 0.717) is 0 Å². The van der Waals surface area contributed by atoms with Crippen molar-refractivity contribution in [2.24, 2.45) is 0 Å². The van der Waals surface area contributed by atoms with Gasteiger partial charge in [0.25, 0.3) is 0 Å². The summed E-state index contributed by atoms with van der Waals surface area (Å²) in [7, 11) is -4.22. The second kappa shape index (κ2) is 12.6. The van der Waals surface area contributed by atoms with E-state index >= 15 is 4.57 Å². The van der Waals surface area contributed by atoms with E-state index in [1.165, 1.54) is 21.7 Å². The molecule has 5 aromatic carbocycles. The molecule has 1 nitrogen and oxygen atoms in total. The smallest absolute Gasteiger partial charge is 0.154 e. The van der Waals surface area contributed by atoms with Crippen molar-refractivity contribution in [2.75, 3.05) is 0 Å². The molecule has 0 aliphatic rings. The van der Waals surface area contributed by atoms with Gasteiger partial charge in [0.15, 0.2) is 7.14 Å². The molecule has 39 heavy (non-hydrogen) atoms. The van der Waals surface area contributed by atoms with Gasteiger partial charge < -0.3 is 4.57 Å². The number of allylic oxidation sites excluding steroid dienone is 1. The van der Waals surface area contributed by atoms with Crippen LogP contribution in [-0.4, -0.2) is 8.41 Å². The summed E-state index contributed by atoms with van der Waals surface area (Å²) in [5, 5.41) is 5.13. The van der Waals surface area contributed by atoms with Gasteiger partial charge in [0.05, 0.1) is 5.66 Å². The van der Waals surface area contributed by atoms with Crippen LogP contribution >= 0.6 is 15.1 Å². The maximum atomic E-state index is 15.8. The Balaban J connectivity index is 0.00000353. The fraction of sp³-hybridized carbons (Fsp3) is 0.0857. The zero-order valence-electron chi connectivity index (χ0n) is 22.4. The highest BCUT2D eigenvalue weighted by Crippen LogP contribution is 2.66. The third kappa shape index (κ3) is 5.94. The van der Waals surface area contributed by atoms with E-state index < -0.39 is 15.1 Å². The predicted octanol–water partition coefficient (Wildman–Crippen LogP) is 7.62. The third-order valence-electron chi connectivity index (χ3n) is 6.95. The van der Waals surface area contributed by atoms with Gasteiger partial charge in [-0.3, -0.25) is 0 Å². The molecule has 0 spiro atoms. The first kappa shape index (κ1) is 28.6. The summed E-state index contributed by atoms with van der Waals surface area (Å²) in [6.07, 6.45) is 0. The van der Waals surface area contributed by atoms with Gasteiger partial charge in [-0.05, 0) is 43.3 Å². The van der Waals surface area contributed by atoms with Gasteiger partial charge in [-0.1, -0.05) is 157 Å². The maximum absolute atomic E-state index is 15.8. The van der Waals surface area contributed by atoms with Crippen molar-refractivity contribution in [3.8, 4) is 0 Å². The van der Waals surface area contributed by atoms with Crippen LogP contribution in [0.2, 0.25) is 0 Å². The van der Waals surface area contributed by atoms with E-state index in [0.717, 1.165) is 21.5 Å². The zero-order chi connectivity index (χ0) is 26.5. The largest absolute Gasteiger partial charge is 0.313 e. The lowest BCUT2D eigenvalue weighted by Gasteiger charge is -2.35. The highest BCUT2D eigenvalue weighted by atomic mass is 31.2. The van der Waals surface area contributed by atoms with Gasteiger partial charge in [-0.2, -0.15) is 0 Å². The summed E-state index contributed by atoms with van der Waals surface area (Å²) in [5.41, 5.74) is 3.08. The molecule has 0 aromatic heterocycles. The number of hydrogen-bond acceptors (Lipinski definition) is 1. The van der Waals surface area contributed by atoms with Gasteiger partial charge in [0.1, 0.15) is 0 Å². The van der Waals surface area contributed by atoms with Gasteiger partial charge >= 0.3 is 0 Å². The molecule has 0 aliphatic heterocycles. The number of benzene rings is 5. The topological polar surface area (TPSA) is 17.1 Å². The maximum Gasteiger partial charge on any atom is 0.154 e. The Morgan fingerprint density at radius 2 is 0.949 bits per heavy atom. The standard InChI is InChI=1S/C35H32OP2.B/c1-27-19-23-31(24-20-27)37(32-25-21-28(2)22-26-32)29(3)35(30-13-7-4-8-14-30)38(36,33-15-9-5-10-16-33)34-17-11-6-12-18-34;/h4-26,35H,3H2,1-2H3;. The van der Waals surface area contributed by atoms with Crippen LogP contribution in [0.5, 0.6) is 0 Å². The summed E-state index contributed by atoms with van der Waals surface area (Å²) in [6, 6.07) is 47.8. The molecular formula is C35H32BOP2. The second-order valence-electron chi connectivity index (χ2n) is 9.64. The molecule has 1 unspecified atom stereocenters. The Morgan fingerprint density at radius 1 is 0.590 bits per heavy atom. The average Bonchev–Trinajstić information content (AvgIpc) is 2.97. The zero-order valence-corrected chi connectivity index (χ0v) is 24.2. The third-order valence-corrected chi connectivity index (χ3v) is 13.1. The van der Waals surface area contributed by atoms with Crippen molar-refractivity contribution in [2.45, 2.75) is 19.5 Å². The Morgan fingerprint density at radius 3 is 1.33 bits per heavy atom. The lowest BCUT2D eigenvalue weighted by molar-refractivity contribution is 0.583. The lowest BCUT2D eigenvalue weighted by Crippen LogP contribution is -2.24. The second-order valence-corrected chi connectivity index (χ2v) is 14.8. The summed E-state index contributed by atoms with van der Waals surface area (Å²) in [5.74, 6) is 0.